The van der Waals surface area contributed by atoms with Gasteiger partial charge in [0.15, 0.2) is 0 Å². The first-order chi connectivity index (χ1) is 15.6. The molecule has 1 aliphatic rings. The molecule has 1 fully saturated rings. The van der Waals surface area contributed by atoms with Gasteiger partial charge in [-0.3, -0.25) is 9.79 Å². The van der Waals surface area contributed by atoms with Gasteiger partial charge in [-0.25, -0.2) is 0 Å². The van der Waals surface area contributed by atoms with E-state index in [4.69, 9.17) is 14.7 Å². The lowest BCUT2D eigenvalue weighted by molar-refractivity contribution is -0.136. The summed E-state index contributed by atoms with van der Waals surface area (Å²) in [6.45, 7) is 5.67. The summed E-state index contributed by atoms with van der Waals surface area (Å²) >= 11 is 0. The number of aliphatic imine (C=N–C) groups is 1. The molecule has 32 heavy (non-hydrogen) atoms. The topological polar surface area (TPSA) is 95.7 Å². The molecule has 1 unspecified atom stereocenters. The standard InChI is InChI=1S/C25H30N4O3/c1-27-15-22(29-25(30)24-16-28-12-11-23(31-2)17-32-24)13-18-3-7-20(8-4-18)21-9-5-19(14-26)6-10-21/h3-10,22-24,28H,1,11-13,15-17H2,2H3,(H,29,30)/t22-,23?,24-/m0/s1. The van der Waals surface area contributed by atoms with Gasteiger partial charge in [0, 0.05) is 13.7 Å². The van der Waals surface area contributed by atoms with Crippen LogP contribution in [0.4, 0.5) is 0 Å². The second kappa shape index (κ2) is 12.1. The van der Waals surface area contributed by atoms with Crippen LogP contribution in [-0.2, 0) is 20.7 Å². The third-order valence-electron chi connectivity index (χ3n) is 5.56. The molecule has 0 radical (unpaired) electrons. The van der Waals surface area contributed by atoms with Gasteiger partial charge in [-0.2, -0.15) is 5.26 Å². The number of nitriles is 1. The number of methoxy groups -OCH3 is 1. The van der Waals surface area contributed by atoms with Crippen LogP contribution in [0, 0.1) is 11.3 Å². The van der Waals surface area contributed by atoms with E-state index in [-0.39, 0.29) is 18.1 Å². The van der Waals surface area contributed by atoms with Crippen molar-refractivity contribution in [2.45, 2.75) is 31.1 Å². The first-order valence-corrected chi connectivity index (χ1v) is 10.8. The van der Waals surface area contributed by atoms with Crippen molar-refractivity contribution in [2.75, 3.05) is 33.4 Å². The van der Waals surface area contributed by atoms with E-state index in [1.165, 1.54) is 0 Å². The lowest BCUT2D eigenvalue weighted by Gasteiger charge is -2.26. The number of carbonyl (C=O) groups excluding carboxylic acids is 1. The second-order valence-electron chi connectivity index (χ2n) is 7.87. The Kier molecular flexibility index (Phi) is 8.93. The second-order valence-corrected chi connectivity index (χ2v) is 7.87. The third kappa shape index (κ3) is 6.72. The van der Waals surface area contributed by atoms with Crippen LogP contribution in [0.2, 0.25) is 0 Å². The summed E-state index contributed by atoms with van der Waals surface area (Å²) in [4.78, 5) is 16.8. The van der Waals surface area contributed by atoms with E-state index in [1.807, 2.05) is 48.5 Å². The van der Waals surface area contributed by atoms with Gasteiger partial charge < -0.3 is 20.1 Å². The van der Waals surface area contributed by atoms with E-state index in [1.54, 1.807) is 7.11 Å². The maximum atomic E-state index is 12.8. The summed E-state index contributed by atoms with van der Waals surface area (Å²) in [5.74, 6) is -0.155. The molecule has 1 heterocycles. The molecule has 1 aliphatic heterocycles. The van der Waals surface area contributed by atoms with Crippen molar-refractivity contribution in [3.63, 3.8) is 0 Å². The highest BCUT2D eigenvalue weighted by Gasteiger charge is 2.25. The molecule has 7 nitrogen and oxygen atoms in total. The average Bonchev–Trinajstić information content (AvgIpc) is 2.80. The van der Waals surface area contributed by atoms with E-state index >= 15 is 0 Å². The largest absolute Gasteiger partial charge is 0.379 e. The molecule has 168 valence electrons. The van der Waals surface area contributed by atoms with Crippen LogP contribution in [0.15, 0.2) is 53.5 Å². The number of nitrogens with zero attached hydrogens (tertiary/aromatic N) is 2. The Morgan fingerprint density at radius 2 is 1.97 bits per heavy atom. The number of carbonyl (C=O) groups is 1. The molecule has 0 saturated carbocycles. The van der Waals surface area contributed by atoms with Crippen LogP contribution in [0.1, 0.15) is 17.5 Å². The Morgan fingerprint density at radius 1 is 1.28 bits per heavy atom. The number of rotatable bonds is 8. The third-order valence-corrected chi connectivity index (χ3v) is 5.56. The number of ether oxygens (including phenoxy) is 2. The van der Waals surface area contributed by atoms with Crippen LogP contribution in [0.25, 0.3) is 11.1 Å². The Bertz CT molecular complexity index is 922. The first-order valence-electron chi connectivity index (χ1n) is 10.8. The Balaban J connectivity index is 1.61. The van der Waals surface area contributed by atoms with Gasteiger partial charge in [0.05, 0.1) is 36.9 Å². The quantitative estimate of drug-likeness (QED) is 0.622. The van der Waals surface area contributed by atoms with Crippen LogP contribution in [0.5, 0.6) is 0 Å². The highest BCUT2D eigenvalue weighted by Crippen LogP contribution is 2.21. The highest BCUT2D eigenvalue weighted by atomic mass is 16.5. The molecule has 7 heteroatoms. The zero-order valence-electron chi connectivity index (χ0n) is 18.4. The maximum absolute atomic E-state index is 12.8. The molecule has 3 rings (SSSR count). The molecule has 0 spiro atoms. The normalized spacial score (nSPS) is 19.8. The van der Waals surface area contributed by atoms with Crippen LogP contribution in [0.3, 0.4) is 0 Å². The van der Waals surface area contributed by atoms with Crippen molar-refractivity contribution in [2.24, 2.45) is 4.99 Å². The summed E-state index contributed by atoms with van der Waals surface area (Å²) < 4.78 is 11.2. The van der Waals surface area contributed by atoms with E-state index in [9.17, 15) is 4.79 Å². The minimum atomic E-state index is -0.570. The maximum Gasteiger partial charge on any atom is 0.250 e. The molecule has 1 saturated heterocycles. The predicted octanol–water partition coefficient (Wildman–Crippen LogP) is 2.35. The van der Waals surface area contributed by atoms with Crippen LogP contribution < -0.4 is 10.6 Å². The van der Waals surface area contributed by atoms with Crippen molar-refractivity contribution in [3.8, 4) is 17.2 Å². The van der Waals surface area contributed by atoms with Gasteiger partial charge in [0.2, 0.25) is 0 Å². The fourth-order valence-corrected chi connectivity index (χ4v) is 3.68. The molecule has 0 bridgehead atoms. The first kappa shape index (κ1) is 23.6. The van der Waals surface area contributed by atoms with Crippen molar-refractivity contribution >= 4 is 12.6 Å². The lowest BCUT2D eigenvalue weighted by atomic mass is 10.00. The summed E-state index contributed by atoms with van der Waals surface area (Å²) in [5, 5.41) is 15.3. The van der Waals surface area contributed by atoms with Gasteiger partial charge in [0.25, 0.3) is 5.91 Å². The van der Waals surface area contributed by atoms with Gasteiger partial charge >= 0.3 is 0 Å². The van der Waals surface area contributed by atoms with Gasteiger partial charge in [-0.05, 0) is 54.9 Å². The summed E-state index contributed by atoms with van der Waals surface area (Å²) in [6.07, 6.45) is 0.906. The zero-order valence-corrected chi connectivity index (χ0v) is 18.4. The summed E-state index contributed by atoms with van der Waals surface area (Å²) in [7, 11) is 1.66. The minimum Gasteiger partial charge on any atom is -0.379 e. The van der Waals surface area contributed by atoms with Crippen LogP contribution in [-0.4, -0.2) is 64.2 Å². The molecular formula is C25H30N4O3. The highest BCUT2D eigenvalue weighted by molar-refractivity contribution is 5.81. The monoisotopic (exact) mass is 434 g/mol. The molecule has 2 aromatic rings. The molecule has 2 N–H and O–H groups in total. The molecule has 3 atom stereocenters. The van der Waals surface area contributed by atoms with E-state index in [0.29, 0.717) is 31.7 Å². The zero-order chi connectivity index (χ0) is 22.8. The molecule has 0 aliphatic carbocycles. The lowest BCUT2D eigenvalue weighted by Crippen LogP contribution is -2.50. The molecule has 2 aromatic carbocycles. The van der Waals surface area contributed by atoms with Crippen molar-refractivity contribution < 1.29 is 14.3 Å². The predicted molar refractivity (Wildman–Crippen MR) is 125 cm³/mol. The number of benzene rings is 2. The SMILES string of the molecule is C=NC[C@H](Cc1ccc(-c2ccc(C#N)cc2)cc1)NC(=O)[C@@H]1CNCCC(OC)CO1. The Labute approximate surface area is 189 Å². The fourth-order valence-electron chi connectivity index (χ4n) is 3.68. The summed E-state index contributed by atoms with van der Waals surface area (Å²) in [5.41, 5.74) is 3.86. The smallest absolute Gasteiger partial charge is 0.250 e. The molecular weight excluding hydrogens is 404 g/mol. The van der Waals surface area contributed by atoms with Gasteiger partial charge in [-0.15, -0.1) is 0 Å². The molecule has 0 aromatic heterocycles. The summed E-state index contributed by atoms with van der Waals surface area (Å²) in [6, 6.07) is 17.6. The van der Waals surface area contributed by atoms with Crippen LogP contribution >= 0.6 is 0 Å². The number of amides is 1. The van der Waals surface area contributed by atoms with Gasteiger partial charge in [-0.1, -0.05) is 36.4 Å². The van der Waals surface area contributed by atoms with E-state index in [0.717, 1.165) is 29.7 Å². The number of hydrogen-bond acceptors (Lipinski definition) is 6. The van der Waals surface area contributed by atoms with Crippen molar-refractivity contribution in [3.05, 3.63) is 59.7 Å². The van der Waals surface area contributed by atoms with E-state index in [2.05, 4.69) is 28.4 Å². The van der Waals surface area contributed by atoms with E-state index < -0.39 is 6.10 Å². The van der Waals surface area contributed by atoms with Crippen molar-refractivity contribution in [1.82, 2.24) is 10.6 Å². The Hall–Kier alpha value is -3.05. The average molecular weight is 435 g/mol. The number of nitrogens with one attached hydrogen (secondary N) is 2. The number of hydrogen-bond donors (Lipinski definition) is 2. The molecule has 1 amide bonds. The minimum absolute atomic E-state index is 0.0154. The van der Waals surface area contributed by atoms with Crippen molar-refractivity contribution in [1.29, 1.82) is 5.26 Å². The Morgan fingerprint density at radius 3 is 2.59 bits per heavy atom. The van der Waals surface area contributed by atoms with Gasteiger partial charge in [0.1, 0.15) is 6.10 Å². The fraction of sp³-hybridized carbons (Fsp3) is 0.400.